The summed E-state index contributed by atoms with van der Waals surface area (Å²) in [6.45, 7) is 11.2. The SMILES string of the molecule is CCC(CC)O[C@@H]1C=C(C(=O)OC2(OC(=O)[C@H](C)C(C)C)CC2)C[C@H](N)[C@H]1NC(C)=O. The Morgan fingerprint density at radius 1 is 1.16 bits per heavy atom. The van der Waals surface area contributed by atoms with Gasteiger partial charge in [-0.15, -0.1) is 0 Å². The molecule has 2 rings (SSSR count). The van der Waals surface area contributed by atoms with Crippen molar-refractivity contribution in [2.24, 2.45) is 17.6 Å². The van der Waals surface area contributed by atoms with E-state index < -0.39 is 29.9 Å². The van der Waals surface area contributed by atoms with E-state index in [2.05, 4.69) is 5.32 Å². The topological polar surface area (TPSA) is 117 Å². The number of nitrogens with two attached hydrogens (primary N) is 1. The zero-order valence-corrected chi connectivity index (χ0v) is 19.6. The molecule has 0 aromatic rings. The predicted molar refractivity (Wildman–Crippen MR) is 116 cm³/mol. The molecule has 2 aliphatic rings. The molecule has 176 valence electrons. The lowest BCUT2D eigenvalue weighted by Crippen LogP contribution is -2.57. The molecule has 1 fully saturated rings. The fraction of sp³-hybridized carbons (Fsp3) is 0.783. The van der Waals surface area contributed by atoms with Crippen LogP contribution in [0.1, 0.15) is 73.6 Å². The van der Waals surface area contributed by atoms with Gasteiger partial charge in [0.2, 0.25) is 5.91 Å². The van der Waals surface area contributed by atoms with E-state index in [1.807, 2.05) is 27.7 Å². The van der Waals surface area contributed by atoms with Crippen LogP contribution in [0.15, 0.2) is 11.6 Å². The third kappa shape index (κ3) is 6.77. The average Bonchev–Trinajstić information content (AvgIpc) is 3.45. The number of nitrogens with one attached hydrogen (secondary N) is 1. The minimum atomic E-state index is -1.18. The maximum absolute atomic E-state index is 12.9. The van der Waals surface area contributed by atoms with E-state index in [4.69, 9.17) is 19.9 Å². The lowest BCUT2D eigenvalue weighted by molar-refractivity contribution is -0.197. The van der Waals surface area contributed by atoms with Crippen molar-refractivity contribution in [1.29, 1.82) is 0 Å². The minimum absolute atomic E-state index is 0.0201. The predicted octanol–water partition coefficient (Wildman–Crippen LogP) is 2.59. The van der Waals surface area contributed by atoms with Crippen LogP contribution in [0.25, 0.3) is 0 Å². The molecule has 0 saturated heterocycles. The Morgan fingerprint density at radius 2 is 1.77 bits per heavy atom. The normalized spacial score (nSPS) is 25.6. The summed E-state index contributed by atoms with van der Waals surface area (Å²) < 4.78 is 17.3. The van der Waals surface area contributed by atoms with Crippen molar-refractivity contribution in [3.63, 3.8) is 0 Å². The third-order valence-corrected chi connectivity index (χ3v) is 6.12. The Labute approximate surface area is 185 Å². The van der Waals surface area contributed by atoms with E-state index in [0.717, 1.165) is 12.8 Å². The van der Waals surface area contributed by atoms with Crippen LogP contribution in [0.3, 0.4) is 0 Å². The van der Waals surface area contributed by atoms with Crippen molar-refractivity contribution in [2.45, 2.75) is 104 Å². The van der Waals surface area contributed by atoms with Crippen LogP contribution in [0.4, 0.5) is 0 Å². The van der Waals surface area contributed by atoms with Gasteiger partial charge in [0, 0.05) is 31.4 Å². The first-order valence-electron chi connectivity index (χ1n) is 11.4. The lowest BCUT2D eigenvalue weighted by Gasteiger charge is -2.36. The molecule has 2 aliphatic carbocycles. The number of hydrogen-bond acceptors (Lipinski definition) is 7. The molecule has 0 aromatic carbocycles. The first-order chi connectivity index (χ1) is 14.5. The summed E-state index contributed by atoms with van der Waals surface area (Å²) in [5, 5.41) is 2.85. The monoisotopic (exact) mass is 438 g/mol. The highest BCUT2D eigenvalue weighted by Gasteiger charge is 2.52. The second kappa shape index (κ2) is 10.6. The van der Waals surface area contributed by atoms with Crippen LogP contribution < -0.4 is 11.1 Å². The van der Waals surface area contributed by atoms with Crippen LogP contribution in [-0.2, 0) is 28.6 Å². The summed E-state index contributed by atoms with van der Waals surface area (Å²) in [5.74, 6) is -2.46. The molecular weight excluding hydrogens is 400 g/mol. The largest absolute Gasteiger partial charge is 0.422 e. The fourth-order valence-corrected chi connectivity index (χ4v) is 3.51. The first kappa shape index (κ1) is 25.3. The van der Waals surface area contributed by atoms with Gasteiger partial charge in [-0.3, -0.25) is 9.59 Å². The van der Waals surface area contributed by atoms with Crippen LogP contribution in [0.5, 0.6) is 0 Å². The van der Waals surface area contributed by atoms with Gasteiger partial charge in [0.25, 0.3) is 5.79 Å². The molecular formula is C23H38N2O6. The lowest BCUT2D eigenvalue weighted by atomic mass is 9.88. The summed E-state index contributed by atoms with van der Waals surface area (Å²) in [4.78, 5) is 36.9. The molecule has 0 heterocycles. The Hall–Kier alpha value is -1.93. The van der Waals surface area contributed by atoms with E-state index >= 15 is 0 Å². The number of amides is 1. The van der Waals surface area contributed by atoms with Gasteiger partial charge in [0.15, 0.2) is 0 Å². The molecule has 0 radical (unpaired) electrons. The van der Waals surface area contributed by atoms with Crippen molar-refractivity contribution < 1.29 is 28.6 Å². The number of hydrogen-bond donors (Lipinski definition) is 2. The third-order valence-electron chi connectivity index (χ3n) is 6.12. The van der Waals surface area contributed by atoms with E-state index in [9.17, 15) is 14.4 Å². The van der Waals surface area contributed by atoms with Gasteiger partial charge in [0.05, 0.1) is 24.2 Å². The standard InChI is InChI=1S/C23H38N2O6/c1-7-17(8-2)29-19-12-16(11-18(24)20(19)25-15(6)26)22(28)31-23(9-10-23)30-21(27)14(5)13(3)4/h12-14,17-20H,7-11,24H2,1-6H3,(H,25,26)/t14-,18+,19-,20-/m1/s1. The molecule has 0 aromatic heterocycles. The quantitative estimate of drug-likeness (QED) is 0.398. The Bertz CT molecular complexity index is 696. The van der Waals surface area contributed by atoms with Crippen molar-refractivity contribution in [3.05, 3.63) is 11.6 Å². The van der Waals surface area contributed by atoms with Gasteiger partial charge in [0.1, 0.15) is 0 Å². The minimum Gasteiger partial charge on any atom is -0.422 e. The number of esters is 2. The summed E-state index contributed by atoms with van der Waals surface area (Å²) in [6, 6.07) is -0.941. The van der Waals surface area contributed by atoms with Crippen molar-refractivity contribution in [1.82, 2.24) is 5.32 Å². The van der Waals surface area contributed by atoms with Crippen LogP contribution in [-0.4, -0.2) is 47.9 Å². The molecule has 3 N–H and O–H groups in total. The molecule has 1 amide bonds. The number of rotatable bonds is 10. The summed E-state index contributed by atoms with van der Waals surface area (Å²) in [5.41, 5.74) is 6.69. The second-order valence-corrected chi connectivity index (χ2v) is 9.08. The zero-order valence-electron chi connectivity index (χ0n) is 19.6. The number of ether oxygens (including phenoxy) is 3. The molecule has 4 atom stereocenters. The van der Waals surface area contributed by atoms with Gasteiger partial charge in [-0.05, 0) is 31.3 Å². The van der Waals surface area contributed by atoms with Crippen molar-refractivity contribution in [2.75, 3.05) is 0 Å². The van der Waals surface area contributed by atoms with Gasteiger partial charge in [-0.2, -0.15) is 0 Å². The average molecular weight is 439 g/mol. The molecule has 0 bridgehead atoms. The molecule has 0 aliphatic heterocycles. The molecule has 31 heavy (non-hydrogen) atoms. The van der Waals surface area contributed by atoms with Gasteiger partial charge < -0.3 is 25.3 Å². The Kier molecular flexibility index (Phi) is 8.65. The number of carbonyl (C=O) groups is 3. The maximum atomic E-state index is 12.9. The highest BCUT2D eigenvalue weighted by molar-refractivity contribution is 5.89. The molecule has 8 heteroatoms. The van der Waals surface area contributed by atoms with Gasteiger partial charge in [-0.1, -0.05) is 34.6 Å². The molecule has 1 saturated carbocycles. The van der Waals surface area contributed by atoms with E-state index in [0.29, 0.717) is 18.4 Å². The molecule has 0 unspecified atom stereocenters. The smallest absolute Gasteiger partial charge is 0.337 e. The highest BCUT2D eigenvalue weighted by atomic mass is 16.7. The molecule has 8 nitrogen and oxygen atoms in total. The van der Waals surface area contributed by atoms with Gasteiger partial charge in [-0.25, -0.2) is 4.79 Å². The van der Waals surface area contributed by atoms with Crippen molar-refractivity contribution in [3.8, 4) is 0 Å². The highest BCUT2D eigenvalue weighted by Crippen LogP contribution is 2.42. The van der Waals surface area contributed by atoms with Crippen LogP contribution in [0.2, 0.25) is 0 Å². The van der Waals surface area contributed by atoms with Crippen LogP contribution in [0, 0.1) is 11.8 Å². The molecule has 0 spiro atoms. The summed E-state index contributed by atoms with van der Waals surface area (Å²) in [7, 11) is 0. The fourth-order valence-electron chi connectivity index (χ4n) is 3.51. The Balaban J connectivity index is 2.14. The second-order valence-electron chi connectivity index (χ2n) is 9.08. The Morgan fingerprint density at radius 3 is 2.26 bits per heavy atom. The van der Waals surface area contributed by atoms with E-state index in [1.165, 1.54) is 6.92 Å². The van der Waals surface area contributed by atoms with E-state index in [1.54, 1.807) is 13.0 Å². The first-order valence-corrected chi connectivity index (χ1v) is 11.4. The van der Waals surface area contributed by atoms with Gasteiger partial charge >= 0.3 is 11.9 Å². The zero-order chi connectivity index (χ0) is 23.3. The number of carbonyl (C=O) groups excluding carboxylic acids is 3. The van der Waals surface area contributed by atoms with E-state index in [-0.39, 0.29) is 36.2 Å². The summed E-state index contributed by atoms with van der Waals surface area (Å²) >= 11 is 0. The van der Waals surface area contributed by atoms with Crippen LogP contribution >= 0.6 is 0 Å². The summed E-state index contributed by atoms with van der Waals surface area (Å²) in [6.07, 6.45) is 3.93. The van der Waals surface area contributed by atoms with Crippen molar-refractivity contribution >= 4 is 17.8 Å². The maximum Gasteiger partial charge on any atom is 0.337 e.